The zero-order chi connectivity index (χ0) is 10.3. The van der Waals surface area contributed by atoms with Gasteiger partial charge in [-0.1, -0.05) is 0 Å². The fraction of sp³-hybridized carbons (Fsp3) is 0.364. The molecule has 78 valence electrons. The molecule has 0 radical (unpaired) electrons. The maximum atomic E-state index is 12.7. The number of aliphatic imine (C=N–C) groups is 1. The zero-order valence-electron chi connectivity index (χ0n) is 8.20. The molecule has 4 heteroatoms. The number of halogens is 1. The molecule has 3 nitrogen and oxygen atoms in total. The number of rotatable bonds is 1. The van der Waals surface area contributed by atoms with Crippen molar-refractivity contribution in [2.45, 2.75) is 12.1 Å². The summed E-state index contributed by atoms with van der Waals surface area (Å²) in [5.41, 5.74) is 0.964. The predicted octanol–water partition coefficient (Wildman–Crippen LogP) is 0.516. The molecule has 0 aliphatic carbocycles. The molecular weight excluding hydrogens is 193 g/mol. The lowest BCUT2D eigenvalue weighted by atomic mass is 10.2. The topological polar surface area (TPSA) is 36.4 Å². The number of nitrogens with zero attached hydrogens (tertiary/aromatic N) is 1. The van der Waals surface area contributed by atoms with Gasteiger partial charge in [0.05, 0.1) is 12.1 Å². The van der Waals surface area contributed by atoms with Gasteiger partial charge in [-0.25, -0.2) is 4.39 Å². The first kappa shape index (κ1) is 8.85. The molecule has 2 aliphatic rings. The quantitative estimate of drug-likeness (QED) is 0.701. The summed E-state index contributed by atoms with van der Waals surface area (Å²) >= 11 is 0. The van der Waals surface area contributed by atoms with Crippen LogP contribution in [0.4, 0.5) is 4.39 Å². The molecule has 2 atom stereocenters. The minimum absolute atomic E-state index is 0.209. The van der Waals surface area contributed by atoms with Gasteiger partial charge in [-0.05, 0) is 24.3 Å². The first-order valence-corrected chi connectivity index (χ1v) is 5.14. The highest BCUT2D eigenvalue weighted by atomic mass is 19.1. The van der Waals surface area contributed by atoms with Gasteiger partial charge in [0.1, 0.15) is 11.7 Å². The summed E-state index contributed by atoms with van der Waals surface area (Å²) in [4.78, 5) is 4.57. The lowest BCUT2D eigenvalue weighted by Gasteiger charge is -2.08. The van der Waals surface area contributed by atoms with Gasteiger partial charge in [-0.3, -0.25) is 4.99 Å². The van der Waals surface area contributed by atoms with E-state index in [0.717, 1.165) is 24.5 Å². The van der Waals surface area contributed by atoms with Crippen molar-refractivity contribution >= 4 is 5.84 Å². The van der Waals surface area contributed by atoms with E-state index >= 15 is 0 Å². The van der Waals surface area contributed by atoms with Crippen molar-refractivity contribution in [3.8, 4) is 0 Å². The van der Waals surface area contributed by atoms with Crippen LogP contribution in [-0.2, 0) is 0 Å². The molecule has 2 heterocycles. The second-order valence-corrected chi connectivity index (χ2v) is 3.96. The smallest absolute Gasteiger partial charge is 0.128 e. The van der Waals surface area contributed by atoms with Crippen molar-refractivity contribution in [1.82, 2.24) is 10.6 Å². The van der Waals surface area contributed by atoms with Crippen molar-refractivity contribution in [2.24, 2.45) is 4.99 Å². The van der Waals surface area contributed by atoms with Crippen LogP contribution in [0.25, 0.3) is 0 Å². The first-order valence-electron chi connectivity index (χ1n) is 5.14. The lowest BCUT2D eigenvalue weighted by Crippen LogP contribution is -2.35. The number of fused-ring (bicyclic) bond motifs is 1. The molecule has 2 unspecified atom stereocenters. The fourth-order valence-electron chi connectivity index (χ4n) is 2.09. The summed E-state index contributed by atoms with van der Waals surface area (Å²) in [6.07, 6.45) is 0. The van der Waals surface area contributed by atoms with E-state index < -0.39 is 0 Å². The van der Waals surface area contributed by atoms with Crippen LogP contribution >= 0.6 is 0 Å². The van der Waals surface area contributed by atoms with E-state index in [1.54, 1.807) is 12.1 Å². The minimum atomic E-state index is -0.209. The molecule has 1 fully saturated rings. The van der Waals surface area contributed by atoms with E-state index in [1.165, 1.54) is 12.1 Å². The number of benzene rings is 1. The molecule has 3 rings (SSSR count). The van der Waals surface area contributed by atoms with Crippen LogP contribution in [0, 0.1) is 5.82 Å². The first-order chi connectivity index (χ1) is 7.33. The monoisotopic (exact) mass is 205 g/mol. The summed E-state index contributed by atoms with van der Waals surface area (Å²) in [7, 11) is 0. The van der Waals surface area contributed by atoms with E-state index in [4.69, 9.17) is 0 Å². The van der Waals surface area contributed by atoms with Crippen molar-refractivity contribution < 1.29 is 4.39 Å². The number of hydrogen-bond donors (Lipinski definition) is 2. The Labute approximate surface area is 87.4 Å². The highest BCUT2D eigenvalue weighted by molar-refractivity contribution is 6.00. The molecule has 0 saturated carbocycles. The SMILES string of the molecule is Fc1ccc(C2=NC3CNCC3N2)cc1. The van der Waals surface area contributed by atoms with Crippen LogP contribution in [-0.4, -0.2) is 31.0 Å². The van der Waals surface area contributed by atoms with Crippen LogP contribution in [0.5, 0.6) is 0 Å². The maximum Gasteiger partial charge on any atom is 0.128 e. The minimum Gasteiger partial charge on any atom is -0.364 e. The van der Waals surface area contributed by atoms with Gasteiger partial charge in [-0.2, -0.15) is 0 Å². The van der Waals surface area contributed by atoms with Crippen LogP contribution < -0.4 is 10.6 Å². The standard InChI is InChI=1S/C11H12FN3/c12-8-3-1-7(2-4-8)11-14-9-5-13-6-10(9)15-11/h1-4,9-10,13H,5-6H2,(H,14,15). The second-order valence-electron chi connectivity index (χ2n) is 3.96. The third-order valence-corrected chi connectivity index (χ3v) is 2.92. The van der Waals surface area contributed by atoms with E-state index in [1.807, 2.05) is 0 Å². The van der Waals surface area contributed by atoms with Gasteiger partial charge in [-0.15, -0.1) is 0 Å². The fourth-order valence-corrected chi connectivity index (χ4v) is 2.09. The van der Waals surface area contributed by atoms with E-state index in [9.17, 15) is 4.39 Å². The Morgan fingerprint density at radius 3 is 2.73 bits per heavy atom. The molecule has 1 aromatic carbocycles. The van der Waals surface area contributed by atoms with Gasteiger partial charge in [0.2, 0.25) is 0 Å². The third-order valence-electron chi connectivity index (χ3n) is 2.92. The summed E-state index contributed by atoms with van der Waals surface area (Å²) in [6, 6.07) is 7.19. The molecule has 1 saturated heterocycles. The van der Waals surface area contributed by atoms with Gasteiger partial charge in [0.25, 0.3) is 0 Å². The Kier molecular flexibility index (Phi) is 1.95. The van der Waals surface area contributed by atoms with Gasteiger partial charge >= 0.3 is 0 Å². The normalized spacial score (nSPS) is 28.5. The maximum absolute atomic E-state index is 12.7. The molecule has 0 aromatic heterocycles. The molecule has 2 N–H and O–H groups in total. The van der Waals surface area contributed by atoms with Gasteiger partial charge in [0, 0.05) is 18.7 Å². The summed E-state index contributed by atoms with van der Waals surface area (Å²) in [5.74, 6) is 0.686. The van der Waals surface area contributed by atoms with Gasteiger partial charge in [0.15, 0.2) is 0 Å². The molecule has 0 spiro atoms. The highest BCUT2D eigenvalue weighted by Gasteiger charge is 2.32. The zero-order valence-corrected chi connectivity index (χ0v) is 8.20. The molecule has 15 heavy (non-hydrogen) atoms. The Bertz CT molecular complexity index is 399. The Morgan fingerprint density at radius 1 is 1.20 bits per heavy atom. The molecule has 2 aliphatic heterocycles. The Morgan fingerprint density at radius 2 is 2.00 bits per heavy atom. The van der Waals surface area contributed by atoms with Gasteiger partial charge < -0.3 is 10.6 Å². The third kappa shape index (κ3) is 1.51. The van der Waals surface area contributed by atoms with Crippen LogP contribution in [0.3, 0.4) is 0 Å². The highest BCUT2D eigenvalue weighted by Crippen LogP contribution is 2.15. The van der Waals surface area contributed by atoms with Crippen LogP contribution in [0.15, 0.2) is 29.3 Å². The predicted molar refractivity (Wildman–Crippen MR) is 56.5 cm³/mol. The Balaban J connectivity index is 1.87. The van der Waals surface area contributed by atoms with E-state index in [2.05, 4.69) is 15.6 Å². The van der Waals surface area contributed by atoms with E-state index in [0.29, 0.717) is 12.1 Å². The lowest BCUT2D eigenvalue weighted by molar-refractivity contribution is 0.627. The largest absolute Gasteiger partial charge is 0.364 e. The van der Waals surface area contributed by atoms with Crippen molar-refractivity contribution in [1.29, 1.82) is 0 Å². The summed E-state index contributed by atoms with van der Waals surface area (Å²) < 4.78 is 12.7. The number of nitrogens with one attached hydrogen (secondary N) is 2. The van der Waals surface area contributed by atoms with Crippen molar-refractivity contribution in [3.05, 3.63) is 35.6 Å². The van der Waals surface area contributed by atoms with Crippen molar-refractivity contribution in [2.75, 3.05) is 13.1 Å². The van der Waals surface area contributed by atoms with E-state index in [-0.39, 0.29) is 5.82 Å². The Hall–Kier alpha value is -1.42. The summed E-state index contributed by atoms with van der Waals surface area (Å²) in [6.45, 7) is 1.89. The number of amidine groups is 1. The average molecular weight is 205 g/mol. The second kappa shape index (κ2) is 3.31. The van der Waals surface area contributed by atoms with Crippen LogP contribution in [0.1, 0.15) is 5.56 Å². The molecule has 1 aromatic rings. The van der Waals surface area contributed by atoms with Crippen molar-refractivity contribution in [3.63, 3.8) is 0 Å². The molecular formula is C11H12FN3. The number of hydrogen-bond acceptors (Lipinski definition) is 3. The molecule has 0 amide bonds. The average Bonchev–Trinajstić information content (AvgIpc) is 2.78. The van der Waals surface area contributed by atoms with Crippen LogP contribution in [0.2, 0.25) is 0 Å². The molecule has 0 bridgehead atoms. The summed E-state index contributed by atoms with van der Waals surface area (Å²) in [5, 5.41) is 6.63.